The molecule has 3 rings (SSSR count). The van der Waals surface area contributed by atoms with Gasteiger partial charge in [-0.1, -0.05) is 25.1 Å². The number of nitrogens with zero attached hydrogens (tertiary/aromatic N) is 2. The third-order valence-electron chi connectivity index (χ3n) is 3.46. The second-order valence-corrected chi connectivity index (χ2v) is 5.76. The molecule has 0 saturated heterocycles. The van der Waals surface area contributed by atoms with Crippen LogP contribution >= 0.6 is 15.9 Å². The predicted molar refractivity (Wildman–Crippen MR) is 89.2 cm³/mol. The fourth-order valence-corrected chi connectivity index (χ4v) is 2.96. The fourth-order valence-electron chi connectivity index (χ4n) is 2.58. The highest BCUT2D eigenvalue weighted by Gasteiger charge is 2.16. The third kappa shape index (κ3) is 2.96. The van der Waals surface area contributed by atoms with Crippen molar-refractivity contribution in [2.75, 3.05) is 6.54 Å². The molecule has 0 radical (unpaired) electrons. The zero-order valence-corrected chi connectivity index (χ0v) is 13.3. The molecule has 2 aromatic heterocycles. The van der Waals surface area contributed by atoms with Crippen LogP contribution in [0.15, 0.2) is 59.5 Å². The number of halogens is 1. The number of nitrogens with one attached hydrogen (secondary N) is 1. The summed E-state index contributed by atoms with van der Waals surface area (Å²) in [7, 11) is 0. The summed E-state index contributed by atoms with van der Waals surface area (Å²) in [4.78, 5) is 8.73. The van der Waals surface area contributed by atoms with Gasteiger partial charge in [0.05, 0.1) is 11.6 Å². The molecule has 3 aromatic rings. The van der Waals surface area contributed by atoms with Gasteiger partial charge in [0.15, 0.2) is 0 Å². The lowest BCUT2D eigenvalue weighted by atomic mass is 9.96. The van der Waals surface area contributed by atoms with Crippen molar-refractivity contribution in [2.24, 2.45) is 0 Å². The molecular formula is C17H16BrN3. The Balaban J connectivity index is 2.16. The van der Waals surface area contributed by atoms with Crippen LogP contribution in [-0.2, 0) is 0 Å². The molecule has 3 nitrogen and oxygen atoms in total. The SMILES string of the molecule is CCNC(c1cncc(Br)c1)c1cccc2ncccc12. The fraction of sp³-hybridized carbons (Fsp3) is 0.176. The molecular weight excluding hydrogens is 326 g/mol. The molecule has 0 fully saturated rings. The van der Waals surface area contributed by atoms with Crippen molar-refractivity contribution in [2.45, 2.75) is 13.0 Å². The Morgan fingerprint density at radius 1 is 1.19 bits per heavy atom. The first-order valence-corrected chi connectivity index (χ1v) is 7.76. The second kappa shape index (κ2) is 6.33. The summed E-state index contributed by atoms with van der Waals surface area (Å²) >= 11 is 3.50. The van der Waals surface area contributed by atoms with Crippen LogP contribution in [0.3, 0.4) is 0 Å². The summed E-state index contributed by atoms with van der Waals surface area (Å²) < 4.78 is 0.987. The molecule has 1 aromatic carbocycles. The second-order valence-electron chi connectivity index (χ2n) is 4.84. The van der Waals surface area contributed by atoms with Crippen LogP contribution in [0.2, 0.25) is 0 Å². The maximum Gasteiger partial charge on any atom is 0.0705 e. The molecule has 0 aliphatic carbocycles. The van der Waals surface area contributed by atoms with E-state index in [-0.39, 0.29) is 6.04 Å². The Kier molecular flexibility index (Phi) is 4.27. The number of fused-ring (bicyclic) bond motifs is 1. The van der Waals surface area contributed by atoms with Gasteiger partial charge >= 0.3 is 0 Å². The Morgan fingerprint density at radius 3 is 2.90 bits per heavy atom. The van der Waals surface area contributed by atoms with Crippen LogP contribution in [0, 0.1) is 0 Å². The largest absolute Gasteiger partial charge is 0.306 e. The lowest BCUT2D eigenvalue weighted by molar-refractivity contribution is 0.632. The number of aromatic nitrogens is 2. The van der Waals surface area contributed by atoms with Gasteiger partial charge in [0.1, 0.15) is 0 Å². The van der Waals surface area contributed by atoms with Crippen molar-refractivity contribution in [1.82, 2.24) is 15.3 Å². The van der Waals surface area contributed by atoms with Crippen LogP contribution in [0.5, 0.6) is 0 Å². The van der Waals surface area contributed by atoms with Gasteiger partial charge in [0, 0.05) is 28.4 Å². The average molecular weight is 342 g/mol. The van der Waals surface area contributed by atoms with Crippen LogP contribution in [0.4, 0.5) is 0 Å². The van der Waals surface area contributed by atoms with Gasteiger partial charge in [-0.25, -0.2) is 0 Å². The summed E-state index contributed by atoms with van der Waals surface area (Å²) in [6.07, 6.45) is 5.54. The van der Waals surface area contributed by atoms with Gasteiger partial charge in [-0.15, -0.1) is 0 Å². The quantitative estimate of drug-likeness (QED) is 0.776. The highest BCUT2D eigenvalue weighted by molar-refractivity contribution is 9.10. The van der Waals surface area contributed by atoms with Crippen LogP contribution < -0.4 is 5.32 Å². The molecule has 1 atom stereocenters. The first kappa shape index (κ1) is 14.2. The molecule has 0 amide bonds. The number of rotatable bonds is 4. The summed E-state index contributed by atoms with van der Waals surface area (Å²) in [5, 5.41) is 4.72. The Bertz CT molecular complexity index is 752. The topological polar surface area (TPSA) is 37.8 Å². The highest BCUT2D eigenvalue weighted by atomic mass is 79.9. The Morgan fingerprint density at radius 2 is 2.10 bits per heavy atom. The van der Waals surface area contributed by atoms with E-state index in [0.29, 0.717) is 0 Å². The summed E-state index contributed by atoms with van der Waals surface area (Å²) in [6, 6.07) is 12.6. The minimum absolute atomic E-state index is 0.105. The summed E-state index contributed by atoms with van der Waals surface area (Å²) in [5.74, 6) is 0. The van der Waals surface area contributed by atoms with Crippen LogP contribution in [-0.4, -0.2) is 16.5 Å². The van der Waals surface area contributed by atoms with E-state index >= 15 is 0 Å². The molecule has 1 N–H and O–H groups in total. The average Bonchev–Trinajstić information content (AvgIpc) is 2.52. The summed E-state index contributed by atoms with van der Waals surface area (Å²) in [5.41, 5.74) is 3.38. The lowest BCUT2D eigenvalue weighted by Crippen LogP contribution is -2.22. The molecule has 2 heterocycles. The maximum absolute atomic E-state index is 4.44. The molecule has 1 unspecified atom stereocenters. The van der Waals surface area contributed by atoms with Crippen LogP contribution in [0.25, 0.3) is 10.9 Å². The molecule has 0 aliphatic heterocycles. The van der Waals surface area contributed by atoms with Gasteiger partial charge in [-0.05, 0) is 51.8 Å². The number of hydrogen-bond acceptors (Lipinski definition) is 3. The smallest absolute Gasteiger partial charge is 0.0705 e. The standard InChI is InChI=1S/C17H16BrN3/c1-2-20-17(12-9-13(18)11-19-10-12)15-5-3-7-16-14(15)6-4-8-21-16/h3-11,17,20H,2H2,1H3. The molecule has 0 saturated carbocycles. The zero-order chi connectivity index (χ0) is 14.7. The van der Waals surface area contributed by atoms with Gasteiger partial charge in [0.25, 0.3) is 0 Å². The van der Waals surface area contributed by atoms with E-state index in [9.17, 15) is 0 Å². The van der Waals surface area contributed by atoms with E-state index in [1.54, 1.807) is 6.20 Å². The zero-order valence-electron chi connectivity index (χ0n) is 11.8. The predicted octanol–water partition coefficient (Wildman–Crippen LogP) is 4.09. The van der Waals surface area contributed by atoms with E-state index in [1.807, 2.05) is 24.5 Å². The first-order valence-electron chi connectivity index (χ1n) is 6.97. The van der Waals surface area contributed by atoms with Gasteiger partial charge in [-0.3, -0.25) is 9.97 Å². The van der Waals surface area contributed by atoms with Crippen molar-refractivity contribution in [3.63, 3.8) is 0 Å². The van der Waals surface area contributed by atoms with E-state index in [2.05, 4.69) is 62.4 Å². The Labute approximate surface area is 132 Å². The van der Waals surface area contributed by atoms with Crippen molar-refractivity contribution in [3.05, 3.63) is 70.6 Å². The number of hydrogen-bond donors (Lipinski definition) is 1. The van der Waals surface area contributed by atoms with Gasteiger partial charge in [0.2, 0.25) is 0 Å². The van der Waals surface area contributed by atoms with E-state index < -0.39 is 0 Å². The van der Waals surface area contributed by atoms with Crippen LogP contribution in [0.1, 0.15) is 24.1 Å². The Hall–Kier alpha value is -1.78. The number of pyridine rings is 2. The van der Waals surface area contributed by atoms with E-state index in [1.165, 1.54) is 10.9 Å². The van der Waals surface area contributed by atoms with Gasteiger partial charge in [-0.2, -0.15) is 0 Å². The van der Waals surface area contributed by atoms with Crippen molar-refractivity contribution < 1.29 is 0 Å². The maximum atomic E-state index is 4.44. The van der Waals surface area contributed by atoms with Gasteiger partial charge < -0.3 is 5.32 Å². The molecule has 4 heteroatoms. The van der Waals surface area contributed by atoms with E-state index in [0.717, 1.165) is 22.1 Å². The highest BCUT2D eigenvalue weighted by Crippen LogP contribution is 2.28. The van der Waals surface area contributed by atoms with E-state index in [4.69, 9.17) is 0 Å². The normalized spacial score (nSPS) is 12.5. The first-order chi connectivity index (χ1) is 10.3. The molecule has 21 heavy (non-hydrogen) atoms. The van der Waals surface area contributed by atoms with Crippen molar-refractivity contribution in [1.29, 1.82) is 0 Å². The minimum Gasteiger partial charge on any atom is -0.306 e. The third-order valence-corrected chi connectivity index (χ3v) is 3.89. The lowest BCUT2D eigenvalue weighted by Gasteiger charge is -2.20. The summed E-state index contributed by atoms with van der Waals surface area (Å²) in [6.45, 7) is 3.00. The van der Waals surface area contributed by atoms with Crippen molar-refractivity contribution >= 4 is 26.8 Å². The molecule has 0 spiro atoms. The molecule has 0 aliphatic rings. The monoisotopic (exact) mass is 341 g/mol. The number of benzene rings is 1. The molecule has 106 valence electrons. The molecule has 0 bridgehead atoms. The minimum atomic E-state index is 0.105. The van der Waals surface area contributed by atoms with Crippen molar-refractivity contribution in [3.8, 4) is 0 Å².